The largest absolute Gasteiger partial charge is 0.377 e. The lowest BCUT2D eigenvalue weighted by Crippen LogP contribution is -2.10. The molecule has 2 aromatic heterocycles. The van der Waals surface area contributed by atoms with Gasteiger partial charge in [0.2, 0.25) is 0 Å². The highest BCUT2D eigenvalue weighted by molar-refractivity contribution is 5.78. The van der Waals surface area contributed by atoms with Crippen molar-refractivity contribution in [2.24, 2.45) is 7.05 Å². The zero-order valence-electron chi connectivity index (χ0n) is 11.2. The van der Waals surface area contributed by atoms with Crippen LogP contribution in [0.25, 0.3) is 22.6 Å². The second-order valence-corrected chi connectivity index (χ2v) is 4.67. The molecule has 1 aromatic carbocycles. The molecule has 19 heavy (non-hydrogen) atoms. The number of hydrogen-bond donors (Lipinski definition) is 0. The molecule has 0 aliphatic rings. The van der Waals surface area contributed by atoms with Crippen LogP contribution in [0, 0.1) is 0 Å². The second-order valence-electron chi connectivity index (χ2n) is 4.67. The van der Waals surface area contributed by atoms with Crippen molar-refractivity contribution in [3.05, 3.63) is 36.8 Å². The minimum absolute atomic E-state index is 0.704. The van der Waals surface area contributed by atoms with Crippen LogP contribution in [0.5, 0.6) is 0 Å². The molecular weight excluding hydrogens is 238 g/mol. The van der Waals surface area contributed by atoms with Gasteiger partial charge in [-0.3, -0.25) is 0 Å². The molecule has 2 heterocycles. The second kappa shape index (κ2) is 4.35. The molecule has 0 N–H and O–H groups in total. The summed E-state index contributed by atoms with van der Waals surface area (Å²) in [7, 11) is 5.96. The molecule has 0 amide bonds. The molecule has 96 valence electrons. The number of aromatic nitrogens is 4. The minimum atomic E-state index is 0.704. The van der Waals surface area contributed by atoms with Crippen LogP contribution >= 0.6 is 0 Å². The molecular formula is C14H15N5. The first-order chi connectivity index (χ1) is 9.16. The number of nitrogens with zero attached hydrogens (tertiary/aromatic N) is 5. The molecule has 0 radical (unpaired) electrons. The summed E-state index contributed by atoms with van der Waals surface area (Å²) < 4.78 is 1.91. The fourth-order valence-corrected chi connectivity index (χ4v) is 2.10. The Morgan fingerprint density at radius 1 is 1.11 bits per heavy atom. The Balaban J connectivity index is 2.19. The first-order valence-electron chi connectivity index (χ1n) is 6.07. The predicted octanol–water partition coefficient (Wildman–Crippen LogP) is 2.10. The Bertz CT molecular complexity index is 730. The standard InChI is InChI=1S/C14H15N5/c1-18(2)11-7-5-4-6-10(11)13-15-8-12-14(17-13)16-9-19(12)3/h4-9H,1-3H3. The van der Waals surface area contributed by atoms with E-state index in [0.717, 1.165) is 22.4 Å². The van der Waals surface area contributed by atoms with Crippen molar-refractivity contribution in [2.75, 3.05) is 19.0 Å². The topological polar surface area (TPSA) is 46.8 Å². The van der Waals surface area contributed by atoms with Gasteiger partial charge in [-0.25, -0.2) is 15.0 Å². The zero-order chi connectivity index (χ0) is 13.4. The van der Waals surface area contributed by atoms with Gasteiger partial charge in [-0.1, -0.05) is 12.1 Å². The van der Waals surface area contributed by atoms with Gasteiger partial charge in [0.05, 0.1) is 12.5 Å². The van der Waals surface area contributed by atoms with Crippen molar-refractivity contribution in [1.29, 1.82) is 0 Å². The third kappa shape index (κ3) is 1.93. The van der Waals surface area contributed by atoms with Crippen molar-refractivity contribution < 1.29 is 0 Å². The van der Waals surface area contributed by atoms with E-state index in [2.05, 4.69) is 25.9 Å². The number of anilines is 1. The quantitative estimate of drug-likeness (QED) is 0.701. The van der Waals surface area contributed by atoms with Crippen molar-refractivity contribution in [1.82, 2.24) is 19.5 Å². The highest BCUT2D eigenvalue weighted by Crippen LogP contribution is 2.27. The van der Waals surface area contributed by atoms with E-state index in [4.69, 9.17) is 0 Å². The van der Waals surface area contributed by atoms with Gasteiger partial charge in [0.1, 0.15) is 5.52 Å². The Morgan fingerprint density at radius 3 is 2.68 bits per heavy atom. The average molecular weight is 253 g/mol. The van der Waals surface area contributed by atoms with Gasteiger partial charge in [0.15, 0.2) is 11.5 Å². The maximum Gasteiger partial charge on any atom is 0.181 e. The van der Waals surface area contributed by atoms with E-state index in [1.807, 2.05) is 50.1 Å². The molecule has 0 saturated heterocycles. The monoisotopic (exact) mass is 253 g/mol. The molecule has 0 fully saturated rings. The number of rotatable bonds is 2. The molecule has 0 unspecified atom stereocenters. The first-order valence-corrected chi connectivity index (χ1v) is 6.07. The zero-order valence-corrected chi connectivity index (χ0v) is 11.2. The normalized spacial score (nSPS) is 10.9. The van der Waals surface area contributed by atoms with Crippen molar-refractivity contribution in [3.63, 3.8) is 0 Å². The number of benzene rings is 1. The highest BCUT2D eigenvalue weighted by Gasteiger charge is 2.11. The third-order valence-electron chi connectivity index (χ3n) is 3.11. The van der Waals surface area contributed by atoms with Gasteiger partial charge < -0.3 is 9.47 Å². The SMILES string of the molecule is CN(C)c1ccccc1-c1ncc2c(ncn2C)n1. The van der Waals surface area contributed by atoms with Crippen molar-refractivity contribution in [2.45, 2.75) is 0 Å². The number of hydrogen-bond acceptors (Lipinski definition) is 4. The van der Waals surface area contributed by atoms with E-state index in [1.54, 1.807) is 6.33 Å². The summed E-state index contributed by atoms with van der Waals surface area (Å²) in [5.41, 5.74) is 3.77. The molecule has 0 atom stereocenters. The fourth-order valence-electron chi connectivity index (χ4n) is 2.10. The predicted molar refractivity (Wildman–Crippen MR) is 76.1 cm³/mol. The minimum Gasteiger partial charge on any atom is -0.377 e. The lowest BCUT2D eigenvalue weighted by atomic mass is 10.1. The summed E-state index contributed by atoms with van der Waals surface area (Å²) >= 11 is 0. The molecule has 0 aliphatic carbocycles. The summed E-state index contributed by atoms with van der Waals surface area (Å²) in [6.07, 6.45) is 3.57. The lowest BCUT2D eigenvalue weighted by molar-refractivity contribution is 0.944. The summed E-state index contributed by atoms with van der Waals surface area (Å²) in [5.74, 6) is 0.704. The Labute approximate surface area is 111 Å². The van der Waals surface area contributed by atoms with E-state index in [1.165, 1.54) is 0 Å². The number of aryl methyl sites for hydroxylation is 1. The van der Waals surface area contributed by atoms with Crippen LogP contribution in [0.2, 0.25) is 0 Å². The highest BCUT2D eigenvalue weighted by atomic mass is 15.1. The lowest BCUT2D eigenvalue weighted by Gasteiger charge is -2.16. The van der Waals surface area contributed by atoms with Crippen LogP contribution in [0.15, 0.2) is 36.8 Å². The van der Waals surface area contributed by atoms with Crippen LogP contribution < -0.4 is 4.90 Å². The third-order valence-corrected chi connectivity index (χ3v) is 3.11. The van der Waals surface area contributed by atoms with Crippen LogP contribution in [0.4, 0.5) is 5.69 Å². The molecule has 0 bridgehead atoms. The van der Waals surface area contributed by atoms with E-state index >= 15 is 0 Å². The number of fused-ring (bicyclic) bond motifs is 1. The molecule has 0 spiro atoms. The Kier molecular flexibility index (Phi) is 2.67. The van der Waals surface area contributed by atoms with E-state index < -0.39 is 0 Å². The molecule has 3 aromatic rings. The average Bonchev–Trinajstić information content (AvgIpc) is 2.80. The summed E-state index contributed by atoms with van der Waals surface area (Å²) in [4.78, 5) is 15.3. The van der Waals surface area contributed by atoms with E-state index in [9.17, 15) is 0 Å². The van der Waals surface area contributed by atoms with Crippen LogP contribution in [0.3, 0.4) is 0 Å². The molecule has 5 nitrogen and oxygen atoms in total. The van der Waals surface area contributed by atoms with Crippen LogP contribution in [-0.2, 0) is 7.05 Å². The summed E-state index contributed by atoms with van der Waals surface area (Å²) in [6, 6.07) is 8.09. The van der Waals surface area contributed by atoms with Gasteiger partial charge in [0, 0.05) is 32.4 Å². The molecule has 0 aliphatic heterocycles. The number of imidazole rings is 1. The Hall–Kier alpha value is -2.43. The number of para-hydroxylation sites is 1. The Morgan fingerprint density at radius 2 is 1.89 bits per heavy atom. The fraction of sp³-hybridized carbons (Fsp3) is 0.214. The summed E-state index contributed by atoms with van der Waals surface area (Å²) in [6.45, 7) is 0. The molecule has 3 rings (SSSR count). The first kappa shape index (κ1) is 11.6. The smallest absolute Gasteiger partial charge is 0.181 e. The van der Waals surface area contributed by atoms with Gasteiger partial charge in [-0.15, -0.1) is 0 Å². The van der Waals surface area contributed by atoms with Gasteiger partial charge in [0.25, 0.3) is 0 Å². The summed E-state index contributed by atoms with van der Waals surface area (Å²) in [5, 5.41) is 0. The maximum atomic E-state index is 4.54. The maximum absolute atomic E-state index is 4.54. The van der Waals surface area contributed by atoms with E-state index in [0.29, 0.717) is 5.82 Å². The van der Waals surface area contributed by atoms with Gasteiger partial charge in [-0.05, 0) is 12.1 Å². The van der Waals surface area contributed by atoms with Gasteiger partial charge >= 0.3 is 0 Å². The van der Waals surface area contributed by atoms with Crippen LogP contribution in [-0.4, -0.2) is 33.6 Å². The van der Waals surface area contributed by atoms with Crippen molar-refractivity contribution in [3.8, 4) is 11.4 Å². The van der Waals surface area contributed by atoms with Gasteiger partial charge in [-0.2, -0.15) is 0 Å². The van der Waals surface area contributed by atoms with E-state index in [-0.39, 0.29) is 0 Å². The molecule has 0 saturated carbocycles. The van der Waals surface area contributed by atoms with Crippen molar-refractivity contribution >= 4 is 16.9 Å². The van der Waals surface area contributed by atoms with Crippen LogP contribution in [0.1, 0.15) is 0 Å². The molecule has 5 heteroatoms.